The van der Waals surface area contributed by atoms with Crippen LogP contribution in [0.1, 0.15) is 23.0 Å². The molecule has 1 aliphatic rings. The number of benzene rings is 1. The third-order valence-electron chi connectivity index (χ3n) is 3.45. The Morgan fingerprint density at radius 1 is 1.18 bits per heavy atom. The van der Waals surface area contributed by atoms with Crippen molar-refractivity contribution in [3.05, 3.63) is 60.1 Å². The molecule has 2 heterocycles. The van der Waals surface area contributed by atoms with Gasteiger partial charge in [-0.3, -0.25) is 15.0 Å². The van der Waals surface area contributed by atoms with E-state index in [1.54, 1.807) is 42.5 Å². The molecule has 7 nitrogen and oxygen atoms in total. The highest BCUT2D eigenvalue weighted by molar-refractivity contribution is 6.09. The summed E-state index contributed by atoms with van der Waals surface area (Å²) in [5.74, 6) is -0.869. The van der Waals surface area contributed by atoms with Crippen molar-refractivity contribution < 1.29 is 18.8 Å². The van der Waals surface area contributed by atoms with Gasteiger partial charge in [-0.2, -0.15) is 5.01 Å². The number of hydrogen-bond donors (Lipinski definition) is 2. The number of rotatable bonds is 3. The molecule has 1 atom stereocenters. The van der Waals surface area contributed by atoms with Crippen molar-refractivity contribution in [3.63, 3.8) is 0 Å². The first-order valence-corrected chi connectivity index (χ1v) is 6.59. The summed E-state index contributed by atoms with van der Waals surface area (Å²) in [6.45, 7) is 1.51. The van der Waals surface area contributed by atoms with Crippen molar-refractivity contribution in [3.8, 4) is 0 Å². The summed E-state index contributed by atoms with van der Waals surface area (Å²) < 4.78 is 5.20. The Hall–Kier alpha value is -3.09. The average Bonchev–Trinajstić information content (AvgIpc) is 3.13. The van der Waals surface area contributed by atoms with E-state index in [1.807, 2.05) is 0 Å². The van der Waals surface area contributed by atoms with Gasteiger partial charge in [0.05, 0.1) is 6.26 Å². The zero-order valence-electron chi connectivity index (χ0n) is 11.7. The molecule has 1 fully saturated rings. The van der Waals surface area contributed by atoms with Gasteiger partial charge in [-0.1, -0.05) is 18.2 Å². The monoisotopic (exact) mass is 299 g/mol. The van der Waals surface area contributed by atoms with E-state index in [2.05, 4.69) is 10.7 Å². The normalized spacial score (nSPS) is 20.9. The van der Waals surface area contributed by atoms with Gasteiger partial charge in [0.2, 0.25) is 0 Å². The highest BCUT2D eigenvalue weighted by atomic mass is 16.3. The van der Waals surface area contributed by atoms with E-state index in [1.165, 1.54) is 13.2 Å². The predicted octanol–water partition coefficient (Wildman–Crippen LogP) is 1.39. The van der Waals surface area contributed by atoms with Gasteiger partial charge >= 0.3 is 6.03 Å². The highest BCUT2D eigenvalue weighted by Crippen LogP contribution is 2.28. The second-order valence-electron chi connectivity index (χ2n) is 4.98. The van der Waals surface area contributed by atoms with Crippen LogP contribution in [0.2, 0.25) is 0 Å². The third kappa shape index (κ3) is 2.12. The average molecular weight is 299 g/mol. The minimum absolute atomic E-state index is 0.294. The molecule has 0 spiro atoms. The number of carbonyl (C=O) groups is 3. The molecule has 0 aliphatic carbocycles. The van der Waals surface area contributed by atoms with Crippen LogP contribution in [0.15, 0.2) is 53.1 Å². The molecule has 22 heavy (non-hydrogen) atoms. The van der Waals surface area contributed by atoms with Crippen LogP contribution in [-0.4, -0.2) is 22.9 Å². The summed E-state index contributed by atoms with van der Waals surface area (Å²) in [5.41, 5.74) is 1.30. The number of hydrogen-bond acceptors (Lipinski definition) is 4. The first-order chi connectivity index (χ1) is 10.5. The van der Waals surface area contributed by atoms with E-state index in [0.717, 1.165) is 0 Å². The number of carbonyl (C=O) groups excluding carboxylic acids is 3. The maximum Gasteiger partial charge on any atom is 0.344 e. The van der Waals surface area contributed by atoms with E-state index >= 15 is 0 Å². The van der Waals surface area contributed by atoms with Crippen molar-refractivity contribution in [1.82, 2.24) is 15.8 Å². The van der Waals surface area contributed by atoms with Gasteiger partial charge in [-0.15, -0.1) is 0 Å². The lowest BCUT2D eigenvalue weighted by Gasteiger charge is -2.19. The summed E-state index contributed by atoms with van der Waals surface area (Å²) >= 11 is 0. The molecular weight excluding hydrogens is 286 g/mol. The van der Waals surface area contributed by atoms with Crippen LogP contribution < -0.4 is 10.7 Å². The van der Waals surface area contributed by atoms with Gasteiger partial charge < -0.3 is 9.73 Å². The molecule has 2 N–H and O–H groups in total. The molecule has 4 amide bonds. The third-order valence-corrected chi connectivity index (χ3v) is 3.45. The minimum Gasteiger partial charge on any atom is -0.466 e. The van der Waals surface area contributed by atoms with E-state index in [4.69, 9.17) is 4.42 Å². The van der Waals surface area contributed by atoms with Gasteiger partial charge in [0.25, 0.3) is 11.8 Å². The van der Waals surface area contributed by atoms with Gasteiger partial charge in [-0.05, 0) is 31.2 Å². The second-order valence-corrected chi connectivity index (χ2v) is 4.98. The number of amides is 4. The smallest absolute Gasteiger partial charge is 0.344 e. The maximum absolute atomic E-state index is 12.5. The molecule has 0 radical (unpaired) electrons. The maximum atomic E-state index is 12.5. The van der Waals surface area contributed by atoms with Gasteiger partial charge in [0.15, 0.2) is 5.54 Å². The van der Waals surface area contributed by atoms with E-state index in [0.29, 0.717) is 16.3 Å². The van der Waals surface area contributed by atoms with Crippen LogP contribution in [0.5, 0.6) is 0 Å². The molecule has 2 aromatic rings. The molecule has 1 aromatic carbocycles. The first kappa shape index (κ1) is 13.9. The number of furan rings is 1. The van der Waals surface area contributed by atoms with Crippen LogP contribution in [0.4, 0.5) is 4.79 Å². The zero-order valence-corrected chi connectivity index (χ0v) is 11.7. The molecule has 1 aromatic heterocycles. The number of nitrogens with one attached hydrogen (secondary N) is 2. The van der Waals surface area contributed by atoms with Gasteiger partial charge in [-0.25, -0.2) is 4.79 Å². The summed E-state index contributed by atoms with van der Waals surface area (Å²) in [4.78, 5) is 36.6. The van der Waals surface area contributed by atoms with Crippen molar-refractivity contribution in [2.75, 3.05) is 0 Å². The fourth-order valence-corrected chi connectivity index (χ4v) is 2.23. The number of nitrogens with zero attached hydrogens (tertiary/aromatic N) is 1. The Morgan fingerprint density at radius 3 is 2.55 bits per heavy atom. The minimum atomic E-state index is -1.34. The summed E-state index contributed by atoms with van der Waals surface area (Å²) in [7, 11) is 0. The zero-order chi connectivity index (χ0) is 15.7. The van der Waals surface area contributed by atoms with Gasteiger partial charge in [0, 0.05) is 5.56 Å². The molecule has 3 rings (SSSR count). The lowest BCUT2D eigenvalue weighted by Crippen LogP contribution is -2.47. The second kappa shape index (κ2) is 5.03. The van der Waals surface area contributed by atoms with Crippen molar-refractivity contribution in [1.29, 1.82) is 0 Å². The molecule has 1 aliphatic heterocycles. The van der Waals surface area contributed by atoms with Crippen LogP contribution in [0.3, 0.4) is 0 Å². The number of hydrazine groups is 1. The molecular formula is C15H13N3O4. The number of imide groups is 1. The van der Waals surface area contributed by atoms with Crippen LogP contribution in [0.25, 0.3) is 0 Å². The Bertz CT molecular complexity index is 727. The molecule has 1 saturated heterocycles. The van der Waals surface area contributed by atoms with Crippen molar-refractivity contribution in [2.45, 2.75) is 12.5 Å². The highest BCUT2D eigenvalue weighted by Gasteiger charge is 2.52. The number of urea groups is 1. The lowest BCUT2D eigenvalue weighted by atomic mass is 10.00. The van der Waals surface area contributed by atoms with Crippen LogP contribution >= 0.6 is 0 Å². The molecule has 1 unspecified atom stereocenters. The lowest BCUT2D eigenvalue weighted by molar-refractivity contribution is -0.133. The molecule has 0 bridgehead atoms. The Labute approximate surface area is 125 Å². The van der Waals surface area contributed by atoms with E-state index in [9.17, 15) is 14.4 Å². The Kier molecular flexibility index (Phi) is 3.17. The first-order valence-electron chi connectivity index (χ1n) is 6.59. The van der Waals surface area contributed by atoms with Crippen molar-refractivity contribution >= 4 is 17.8 Å². The van der Waals surface area contributed by atoms with E-state index < -0.39 is 23.4 Å². The summed E-state index contributed by atoms with van der Waals surface area (Å²) in [5, 5.41) is 3.18. The summed E-state index contributed by atoms with van der Waals surface area (Å²) in [6, 6.07) is 10.8. The predicted molar refractivity (Wildman–Crippen MR) is 75.3 cm³/mol. The van der Waals surface area contributed by atoms with Gasteiger partial charge in [0.1, 0.15) is 5.76 Å². The fourth-order valence-electron chi connectivity index (χ4n) is 2.23. The molecule has 0 saturated carbocycles. The largest absolute Gasteiger partial charge is 0.466 e. The fraction of sp³-hybridized carbons (Fsp3) is 0.133. The van der Waals surface area contributed by atoms with E-state index in [-0.39, 0.29) is 0 Å². The molecule has 112 valence electrons. The Balaban J connectivity index is 1.82. The standard InChI is InChI=1S/C15H13N3O4/c1-15(11-8-5-9-22-11)13(20)18(14(21)16-15)17-12(19)10-6-3-2-4-7-10/h2-9H,1H3,(H,16,21)(H,17,19). The SMILES string of the molecule is CC1(c2ccco2)NC(=O)N(NC(=O)c2ccccc2)C1=O. The topological polar surface area (TPSA) is 91.7 Å². The van der Waals surface area contributed by atoms with Crippen LogP contribution in [-0.2, 0) is 10.3 Å². The van der Waals surface area contributed by atoms with Crippen molar-refractivity contribution in [2.24, 2.45) is 0 Å². The van der Waals surface area contributed by atoms with Crippen LogP contribution in [0, 0.1) is 0 Å². The molecule has 7 heteroatoms. The Morgan fingerprint density at radius 2 is 1.91 bits per heavy atom. The summed E-state index contributed by atoms with van der Waals surface area (Å²) in [6.07, 6.45) is 1.41. The quantitative estimate of drug-likeness (QED) is 0.838.